The quantitative estimate of drug-likeness (QED) is 0.938. The van der Waals surface area contributed by atoms with Gasteiger partial charge in [0.05, 0.1) is 18.5 Å². The largest absolute Gasteiger partial charge is 0.391 e. The Balaban J connectivity index is 1.89. The van der Waals surface area contributed by atoms with Crippen LogP contribution in [-0.4, -0.2) is 38.1 Å². The Morgan fingerprint density at radius 1 is 1.33 bits per heavy atom. The predicted octanol–water partition coefficient (Wildman–Crippen LogP) is 2.69. The van der Waals surface area contributed by atoms with Crippen molar-refractivity contribution >= 4 is 5.91 Å². The minimum absolute atomic E-state index is 0.136. The summed E-state index contributed by atoms with van der Waals surface area (Å²) in [5.41, 5.74) is 0.729. The van der Waals surface area contributed by atoms with Crippen LogP contribution in [0.5, 0.6) is 0 Å². The molecule has 24 heavy (non-hydrogen) atoms. The summed E-state index contributed by atoms with van der Waals surface area (Å²) in [6, 6.07) is 3.21. The maximum absolute atomic E-state index is 13.5. The molecule has 0 unspecified atom stereocenters. The third-order valence-electron chi connectivity index (χ3n) is 4.29. The third-order valence-corrected chi connectivity index (χ3v) is 4.29. The minimum Gasteiger partial charge on any atom is -0.391 e. The number of nitrogens with zero attached hydrogens (tertiary/aromatic N) is 3. The van der Waals surface area contributed by atoms with Crippen molar-refractivity contribution < 1.29 is 18.7 Å². The zero-order chi connectivity index (χ0) is 17.4. The molecule has 1 fully saturated rings. The Bertz CT molecular complexity index is 760. The topological polar surface area (TPSA) is 58.4 Å². The molecule has 3 rings (SSSR count). The van der Waals surface area contributed by atoms with Crippen LogP contribution in [0.2, 0.25) is 0 Å². The SMILES string of the molecule is CC(C)n1cnc(C(=O)N2C[C@@H](O)C[C@H]2c2ccc(F)c(F)c2)c1. The number of imidazole rings is 1. The first-order valence-electron chi connectivity index (χ1n) is 7.84. The van der Waals surface area contributed by atoms with Gasteiger partial charge in [0.25, 0.3) is 5.91 Å². The highest BCUT2D eigenvalue weighted by atomic mass is 19.2. The Hall–Kier alpha value is -2.28. The van der Waals surface area contributed by atoms with Gasteiger partial charge in [-0.15, -0.1) is 0 Å². The number of benzene rings is 1. The van der Waals surface area contributed by atoms with E-state index in [1.54, 1.807) is 12.5 Å². The van der Waals surface area contributed by atoms with Crippen molar-refractivity contribution in [2.75, 3.05) is 6.54 Å². The summed E-state index contributed by atoms with van der Waals surface area (Å²) in [4.78, 5) is 18.3. The summed E-state index contributed by atoms with van der Waals surface area (Å²) >= 11 is 0. The molecular formula is C17H19F2N3O2. The van der Waals surface area contributed by atoms with E-state index in [1.807, 2.05) is 18.4 Å². The highest BCUT2D eigenvalue weighted by Gasteiger charge is 2.36. The van der Waals surface area contributed by atoms with Crippen LogP contribution in [-0.2, 0) is 0 Å². The van der Waals surface area contributed by atoms with E-state index in [9.17, 15) is 18.7 Å². The smallest absolute Gasteiger partial charge is 0.274 e. The Kier molecular flexibility index (Phi) is 4.36. The minimum atomic E-state index is -0.967. The van der Waals surface area contributed by atoms with Gasteiger partial charge in [-0.2, -0.15) is 0 Å². The molecule has 0 bridgehead atoms. The number of aromatic nitrogens is 2. The van der Waals surface area contributed by atoms with Crippen LogP contribution in [0.15, 0.2) is 30.7 Å². The summed E-state index contributed by atoms with van der Waals surface area (Å²) in [6.45, 7) is 4.08. The maximum Gasteiger partial charge on any atom is 0.274 e. The maximum atomic E-state index is 13.5. The number of aliphatic hydroxyl groups excluding tert-OH is 1. The molecule has 0 saturated carbocycles. The Morgan fingerprint density at radius 2 is 2.08 bits per heavy atom. The number of hydrogen-bond acceptors (Lipinski definition) is 3. The van der Waals surface area contributed by atoms with Crippen molar-refractivity contribution in [1.82, 2.24) is 14.5 Å². The molecule has 1 aromatic carbocycles. The van der Waals surface area contributed by atoms with Crippen LogP contribution >= 0.6 is 0 Å². The third kappa shape index (κ3) is 3.03. The van der Waals surface area contributed by atoms with Crippen molar-refractivity contribution in [3.63, 3.8) is 0 Å². The van der Waals surface area contributed by atoms with Gasteiger partial charge in [-0.3, -0.25) is 4.79 Å². The second-order valence-electron chi connectivity index (χ2n) is 6.34. The van der Waals surface area contributed by atoms with E-state index in [-0.39, 0.29) is 30.6 Å². The lowest BCUT2D eigenvalue weighted by Crippen LogP contribution is -2.32. The molecular weight excluding hydrogens is 316 g/mol. The summed E-state index contributed by atoms with van der Waals surface area (Å²) < 4.78 is 28.5. The van der Waals surface area contributed by atoms with E-state index in [0.717, 1.165) is 12.1 Å². The second-order valence-corrected chi connectivity index (χ2v) is 6.34. The van der Waals surface area contributed by atoms with Gasteiger partial charge in [0, 0.05) is 18.8 Å². The van der Waals surface area contributed by atoms with E-state index >= 15 is 0 Å². The molecule has 128 valence electrons. The summed E-state index contributed by atoms with van der Waals surface area (Å²) in [5.74, 6) is -2.24. The summed E-state index contributed by atoms with van der Waals surface area (Å²) in [7, 11) is 0. The van der Waals surface area contributed by atoms with Gasteiger partial charge in [-0.05, 0) is 38.0 Å². The highest BCUT2D eigenvalue weighted by Crippen LogP contribution is 2.33. The van der Waals surface area contributed by atoms with Gasteiger partial charge in [0.1, 0.15) is 5.69 Å². The van der Waals surface area contributed by atoms with Crippen LogP contribution in [0.3, 0.4) is 0 Å². The molecule has 7 heteroatoms. The molecule has 1 aliphatic heterocycles. The number of carbonyl (C=O) groups is 1. The lowest BCUT2D eigenvalue weighted by Gasteiger charge is -2.24. The van der Waals surface area contributed by atoms with Crippen molar-refractivity contribution in [3.8, 4) is 0 Å². The lowest BCUT2D eigenvalue weighted by atomic mass is 10.0. The highest BCUT2D eigenvalue weighted by molar-refractivity contribution is 5.92. The molecule has 1 aromatic heterocycles. The van der Waals surface area contributed by atoms with E-state index < -0.39 is 23.8 Å². The molecule has 2 atom stereocenters. The summed E-state index contributed by atoms with van der Waals surface area (Å²) in [5, 5.41) is 9.96. The summed E-state index contributed by atoms with van der Waals surface area (Å²) in [6.07, 6.45) is 2.80. The van der Waals surface area contributed by atoms with E-state index in [4.69, 9.17) is 0 Å². The Labute approximate surface area is 138 Å². The van der Waals surface area contributed by atoms with E-state index in [1.165, 1.54) is 11.0 Å². The molecule has 1 saturated heterocycles. The predicted molar refractivity (Wildman–Crippen MR) is 83.4 cm³/mol. The molecule has 0 aliphatic carbocycles. The van der Waals surface area contributed by atoms with Gasteiger partial charge >= 0.3 is 0 Å². The van der Waals surface area contributed by atoms with Crippen LogP contribution in [0.25, 0.3) is 0 Å². The van der Waals surface area contributed by atoms with Crippen LogP contribution in [0.4, 0.5) is 8.78 Å². The monoisotopic (exact) mass is 335 g/mol. The number of rotatable bonds is 3. The standard InChI is InChI=1S/C17H19F2N3O2/c1-10(2)21-8-15(20-9-21)17(24)22-7-12(23)6-16(22)11-3-4-13(18)14(19)5-11/h3-5,8-10,12,16,23H,6-7H2,1-2H3/t12-,16-/m0/s1. The number of β-amino-alcohol motifs (C(OH)–C–C–N with tert-alkyl or cyclic N) is 1. The number of halogens is 2. The lowest BCUT2D eigenvalue weighted by molar-refractivity contribution is 0.0710. The number of hydrogen-bond donors (Lipinski definition) is 1. The first kappa shape index (κ1) is 16.6. The normalized spacial score (nSPS) is 20.8. The van der Waals surface area contributed by atoms with Crippen LogP contribution < -0.4 is 0 Å². The molecule has 1 aliphatic rings. The zero-order valence-electron chi connectivity index (χ0n) is 13.5. The number of likely N-dealkylation sites (tertiary alicyclic amines) is 1. The van der Waals surface area contributed by atoms with Crippen molar-refractivity contribution in [1.29, 1.82) is 0 Å². The van der Waals surface area contributed by atoms with Crippen molar-refractivity contribution in [3.05, 3.63) is 53.6 Å². The number of carbonyl (C=O) groups excluding carboxylic acids is 1. The fourth-order valence-electron chi connectivity index (χ4n) is 2.95. The number of aliphatic hydroxyl groups is 1. The Morgan fingerprint density at radius 3 is 2.71 bits per heavy atom. The van der Waals surface area contributed by atoms with Gasteiger partial charge in [-0.25, -0.2) is 13.8 Å². The molecule has 2 heterocycles. The number of amides is 1. The van der Waals surface area contributed by atoms with E-state index in [0.29, 0.717) is 5.56 Å². The second kappa shape index (κ2) is 6.32. The van der Waals surface area contributed by atoms with Gasteiger partial charge in [0.2, 0.25) is 0 Å². The van der Waals surface area contributed by atoms with Crippen molar-refractivity contribution in [2.24, 2.45) is 0 Å². The molecule has 0 spiro atoms. The zero-order valence-corrected chi connectivity index (χ0v) is 13.5. The fourth-order valence-corrected chi connectivity index (χ4v) is 2.95. The molecule has 5 nitrogen and oxygen atoms in total. The first-order chi connectivity index (χ1) is 11.4. The average Bonchev–Trinajstić information content (AvgIpc) is 3.16. The molecule has 1 amide bonds. The van der Waals surface area contributed by atoms with Crippen molar-refractivity contribution in [2.45, 2.75) is 38.5 Å². The van der Waals surface area contributed by atoms with Gasteiger partial charge < -0.3 is 14.6 Å². The van der Waals surface area contributed by atoms with E-state index in [2.05, 4.69) is 4.98 Å². The molecule has 0 radical (unpaired) electrons. The van der Waals surface area contributed by atoms with Crippen LogP contribution in [0, 0.1) is 11.6 Å². The molecule has 2 aromatic rings. The first-order valence-corrected chi connectivity index (χ1v) is 7.84. The van der Waals surface area contributed by atoms with Gasteiger partial charge in [-0.1, -0.05) is 6.07 Å². The fraction of sp³-hybridized carbons (Fsp3) is 0.412. The average molecular weight is 335 g/mol. The molecule has 1 N–H and O–H groups in total. The van der Waals surface area contributed by atoms with Crippen LogP contribution in [0.1, 0.15) is 48.4 Å². The van der Waals surface area contributed by atoms with Gasteiger partial charge in [0.15, 0.2) is 11.6 Å².